The van der Waals surface area contributed by atoms with Gasteiger partial charge in [0.1, 0.15) is 0 Å². The number of aromatic nitrogens is 1. The maximum absolute atomic E-state index is 11.9. The highest BCUT2D eigenvalue weighted by Crippen LogP contribution is 2.35. The lowest BCUT2D eigenvalue weighted by molar-refractivity contribution is -0.116. The molecule has 128 valence electrons. The van der Waals surface area contributed by atoms with E-state index >= 15 is 0 Å². The molecule has 2 rings (SSSR count). The molecule has 0 radical (unpaired) electrons. The van der Waals surface area contributed by atoms with Crippen molar-refractivity contribution in [2.24, 2.45) is 0 Å². The molecule has 0 saturated carbocycles. The van der Waals surface area contributed by atoms with E-state index in [-0.39, 0.29) is 11.7 Å². The van der Waals surface area contributed by atoms with Crippen LogP contribution in [0.15, 0.2) is 22.7 Å². The number of amides is 1. The number of hydrogen-bond acceptors (Lipinski definition) is 5. The van der Waals surface area contributed by atoms with Crippen molar-refractivity contribution in [3.05, 3.63) is 43.8 Å². The lowest BCUT2D eigenvalue weighted by Crippen LogP contribution is -2.23. The number of carbonyl (C=O) groups excluding carboxylic acids is 1. The van der Waals surface area contributed by atoms with E-state index in [1.165, 1.54) is 18.1 Å². The van der Waals surface area contributed by atoms with Gasteiger partial charge in [-0.25, -0.2) is 4.98 Å². The van der Waals surface area contributed by atoms with Crippen LogP contribution in [0.2, 0.25) is 0 Å². The largest absolute Gasteiger partial charge is 0.503 e. The molecule has 0 saturated heterocycles. The van der Waals surface area contributed by atoms with Crippen molar-refractivity contribution in [2.75, 3.05) is 13.7 Å². The number of aromatic hydroxyl groups is 1. The van der Waals surface area contributed by atoms with Crippen LogP contribution in [-0.2, 0) is 11.2 Å². The second kappa shape index (κ2) is 8.30. The maximum Gasteiger partial charge on any atom is 0.244 e. The third-order valence-corrected chi connectivity index (χ3v) is 5.09. The number of thiazole rings is 1. The molecule has 0 spiro atoms. The van der Waals surface area contributed by atoms with Crippen molar-refractivity contribution < 1.29 is 14.6 Å². The third-order valence-electron chi connectivity index (χ3n) is 3.35. The number of nitrogens with one attached hydrogen (secondary N) is 1. The standard InChI is InChI=1S/C17H19BrN2O3S/c1-10-15(24-11(2)20-10)6-7-19-16(21)5-4-12-8-13(18)17(22)14(9-12)23-3/h4-5,8-9,22H,6-7H2,1-3H3,(H,19,21)/b5-4+. The summed E-state index contributed by atoms with van der Waals surface area (Å²) in [5, 5.41) is 13.7. The Morgan fingerprint density at radius 1 is 1.46 bits per heavy atom. The van der Waals surface area contributed by atoms with Gasteiger partial charge in [0.25, 0.3) is 0 Å². The summed E-state index contributed by atoms with van der Waals surface area (Å²) in [4.78, 5) is 17.5. The lowest BCUT2D eigenvalue weighted by Gasteiger charge is -2.06. The van der Waals surface area contributed by atoms with Crippen molar-refractivity contribution >= 4 is 39.2 Å². The SMILES string of the molecule is COc1cc(/C=C/C(=O)NCCc2sc(C)nc2C)cc(Br)c1O. The second-order valence-electron chi connectivity index (χ2n) is 5.17. The fraction of sp³-hybridized carbons (Fsp3) is 0.294. The van der Waals surface area contributed by atoms with Gasteiger partial charge >= 0.3 is 0 Å². The van der Waals surface area contributed by atoms with E-state index in [4.69, 9.17) is 4.74 Å². The number of nitrogens with zero attached hydrogens (tertiary/aromatic N) is 1. The highest BCUT2D eigenvalue weighted by molar-refractivity contribution is 9.10. The van der Waals surface area contributed by atoms with Crippen LogP contribution >= 0.6 is 27.3 Å². The molecule has 0 bridgehead atoms. The first kappa shape index (κ1) is 18.5. The Labute approximate surface area is 153 Å². The molecule has 5 nitrogen and oxygen atoms in total. The van der Waals surface area contributed by atoms with E-state index in [0.29, 0.717) is 16.8 Å². The molecular formula is C17H19BrN2O3S. The third kappa shape index (κ3) is 4.82. The second-order valence-corrected chi connectivity index (χ2v) is 7.31. The van der Waals surface area contributed by atoms with Gasteiger partial charge < -0.3 is 15.2 Å². The first-order chi connectivity index (χ1) is 11.4. The Hall–Kier alpha value is -1.86. The number of carbonyl (C=O) groups is 1. The molecule has 0 atom stereocenters. The molecule has 0 aliphatic heterocycles. The van der Waals surface area contributed by atoms with Crippen LogP contribution in [0.1, 0.15) is 21.1 Å². The predicted molar refractivity (Wildman–Crippen MR) is 99.7 cm³/mol. The highest BCUT2D eigenvalue weighted by Gasteiger charge is 2.08. The first-order valence-electron chi connectivity index (χ1n) is 7.36. The van der Waals surface area contributed by atoms with Crippen molar-refractivity contribution in [1.82, 2.24) is 10.3 Å². The number of ether oxygens (including phenoxy) is 1. The van der Waals surface area contributed by atoms with Crippen LogP contribution in [0.3, 0.4) is 0 Å². The molecule has 24 heavy (non-hydrogen) atoms. The molecule has 0 unspecified atom stereocenters. The molecule has 0 aliphatic carbocycles. The van der Waals surface area contributed by atoms with Crippen molar-refractivity contribution in [1.29, 1.82) is 0 Å². The van der Waals surface area contributed by atoms with E-state index in [0.717, 1.165) is 22.7 Å². The van der Waals surface area contributed by atoms with Gasteiger partial charge in [0, 0.05) is 23.9 Å². The van der Waals surface area contributed by atoms with E-state index in [9.17, 15) is 9.90 Å². The molecule has 2 N–H and O–H groups in total. The zero-order chi connectivity index (χ0) is 17.7. The summed E-state index contributed by atoms with van der Waals surface area (Å²) in [5.74, 6) is 0.215. The van der Waals surface area contributed by atoms with Crippen LogP contribution in [0.4, 0.5) is 0 Å². The maximum atomic E-state index is 11.9. The summed E-state index contributed by atoms with van der Waals surface area (Å²) in [6, 6.07) is 3.37. The predicted octanol–water partition coefficient (Wildman–Crippen LogP) is 3.61. The number of rotatable bonds is 6. The average Bonchev–Trinajstić information content (AvgIpc) is 2.86. The van der Waals surface area contributed by atoms with E-state index in [2.05, 4.69) is 26.2 Å². The smallest absolute Gasteiger partial charge is 0.244 e. The zero-order valence-electron chi connectivity index (χ0n) is 13.7. The number of methoxy groups -OCH3 is 1. The Balaban J connectivity index is 1.91. The molecule has 0 fully saturated rings. The molecule has 1 aromatic heterocycles. The molecule has 1 amide bonds. The number of hydrogen-bond donors (Lipinski definition) is 2. The number of phenols is 1. The normalized spacial score (nSPS) is 11.0. The van der Waals surface area contributed by atoms with Gasteiger partial charge in [0.15, 0.2) is 11.5 Å². The molecular weight excluding hydrogens is 392 g/mol. The quantitative estimate of drug-likeness (QED) is 0.713. The Morgan fingerprint density at radius 2 is 2.21 bits per heavy atom. The molecule has 0 aliphatic rings. The van der Waals surface area contributed by atoms with Crippen LogP contribution in [0, 0.1) is 13.8 Å². The summed E-state index contributed by atoms with van der Waals surface area (Å²) < 4.78 is 5.59. The van der Waals surface area contributed by atoms with Crippen LogP contribution < -0.4 is 10.1 Å². The Morgan fingerprint density at radius 3 is 2.83 bits per heavy atom. The van der Waals surface area contributed by atoms with E-state index in [1.807, 2.05) is 13.8 Å². The monoisotopic (exact) mass is 410 g/mol. The molecule has 2 aromatic rings. The summed E-state index contributed by atoms with van der Waals surface area (Å²) in [5.41, 5.74) is 1.78. The minimum Gasteiger partial charge on any atom is -0.503 e. The number of benzene rings is 1. The van der Waals surface area contributed by atoms with E-state index < -0.39 is 0 Å². The molecule has 7 heteroatoms. The Kier molecular flexibility index (Phi) is 6.39. The fourth-order valence-electron chi connectivity index (χ4n) is 2.18. The van der Waals surface area contributed by atoms with Gasteiger partial charge in [0.05, 0.1) is 22.3 Å². The number of phenolic OH excluding ortho intramolecular Hbond substituents is 1. The molecule has 1 aromatic carbocycles. The Bertz CT molecular complexity index is 771. The average molecular weight is 411 g/mol. The van der Waals surface area contributed by atoms with Gasteiger partial charge in [-0.3, -0.25) is 4.79 Å². The van der Waals surface area contributed by atoms with Crippen LogP contribution in [-0.4, -0.2) is 29.7 Å². The number of aryl methyl sites for hydroxylation is 2. The summed E-state index contributed by atoms with van der Waals surface area (Å²) in [7, 11) is 1.48. The lowest BCUT2D eigenvalue weighted by atomic mass is 10.2. The zero-order valence-corrected chi connectivity index (χ0v) is 16.1. The minimum atomic E-state index is -0.169. The van der Waals surface area contributed by atoms with Gasteiger partial charge in [-0.1, -0.05) is 0 Å². The van der Waals surface area contributed by atoms with Gasteiger partial charge in [-0.15, -0.1) is 11.3 Å². The van der Waals surface area contributed by atoms with Crippen LogP contribution in [0.25, 0.3) is 6.08 Å². The summed E-state index contributed by atoms with van der Waals surface area (Å²) in [6.07, 6.45) is 3.91. The number of halogens is 1. The summed E-state index contributed by atoms with van der Waals surface area (Å²) in [6.45, 7) is 4.53. The van der Waals surface area contributed by atoms with Crippen LogP contribution in [0.5, 0.6) is 11.5 Å². The topological polar surface area (TPSA) is 71.5 Å². The van der Waals surface area contributed by atoms with Gasteiger partial charge in [0.2, 0.25) is 5.91 Å². The van der Waals surface area contributed by atoms with Crippen molar-refractivity contribution in [2.45, 2.75) is 20.3 Å². The highest BCUT2D eigenvalue weighted by atomic mass is 79.9. The van der Waals surface area contributed by atoms with Crippen molar-refractivity contribution in [3.8, 4) is 11.5 Å². The summed E-state index contributed by atoms with van der Waals surface area (Å²) >= 11 is 4.91. The first-order valence-corrected chi connectivity index (χ1v) is 8.97. The van der Waals surface area contributed by atoms with Crippen molar-refractivity contribution in [3.63, 3.8) is 0 Å². The fourth-order valence-corrected chi connectivity index (χ4v) is 3.58. The van der Waals surface area contributed by atoms with Gasteiger partial charge in [-0.2, -0.15) is 0 Å². The van der Waals surface area contributed by atoms with E-state index in [1.54, 1.807) is 29.5 Å². The molecule has 1 heterocycles. The minimum absolute atomic E-state index is 0.0364. The van der Waals surface area contributed by atoms with Gasteiger partial charge in [-0.05, 0) is 53.5 Å².